The van der Waals surface area contributed by atoms with E-state index in [9.17, 15) is 0 Å². The highest BCUT2D eigenvalue weighted by Crippen LogP contribution is 2.62. The minimum Gasteiger partial charge on any atom is -0.352 e. The van der Waals surface area contributed by atoms with Crippen molar-refractivity contribution < 1.29 is 0 Å². The SMILES string of the molecule is S=C1NC(C23CC4CC(CC(C4)C2)C3)=CC(c2ccc(Br)cc2)N1. The van der Waals surface area contributed by atoms with Crippen molar-refractivity contribution in [3.63, 3.8) is 0 Å². The van der Waals surface area contributed by atoms with Crippen LogP contribution in [0, 0.1) is 23.2 Å². The summed E-state index contributed by atoms with van der Waals surface area (Å²) in [5.74, 6) is 2.86. The van der Waals surface area contributed by atoms with Gasteiger partial charge in [0.1, 0.15) is 0 Å². The monoisotopic (exact) mass is 402 g/mol. The van der Waals surface area contributed by atoms with Gasteiger partial charge in [-0.25, -0.2) is 0 Å². The van der Waals surface area contributed by atoms with Crippen LogP contribution < -0.4 is 10.6 Å². The van der Waals surface area contributed by atoms with Crippen molar-refractivity contribution in [1.29, 1.82) is 0 Å². The van der Waals surface area contributed by atoms with Crippen molar-refractivity contribution in [2.75, 3.05) is 0 Å². The molecule has 1 heterocycles. The van der Waals surface area contributed by atoms with E-state index >= 15 is 0 Å². The van der Waals surface area contributed by atoms with Crippen LogP contribution in [0.25, 0.3) is 0 Å². The van der Waals surface area contributed by atoms with Crippen LogP contribution in [-0.2, 0) is 0 Å². The molecule has 1 atom stereocenters. The second-order valence-electron chi connectivity index (χ2n) is 8.41. The number of nitrogens with one attached hydrogen (secondary N) is 2. The predicted molar refractivity (Wildman–Crippen MR) is 104 cm³/mol. The summed E-state index contributed by atoms with van der Waals surface area (Å²) in [6, 6.07) is 8.78. The molecule has 1 unspecified atom stereocenters. The Morgan fingerprint density at radius 1 is 0.958 bits per heavy atom. The van der Waals surface area contributed by atoms with Crippen molar-refractivity contribution in [3.8, 4) is 0 Å². The molecule has 5 aliphatic rings. The van der Waals surface area contributed by atoms with Gasteiger partial charge < -0.3 is 10.6 Å². The number of halogens is 1. The Morgan fingerprint density at radius 2 is 1.54 bits per heavy atom. The van der Waals surface area contributed by atoms with Gasteiger partial charge in [-0.05, 0) is 92.3 Å². The lowest BCUT2D eigenvalue weighted by Gasteiger charge is -2.58. The maximum Gasteiger partial charge on any atom is 0.171 e. The van der Waals surface area contributed by atoms with Crippen molar-refractivity contribution in [1.82, 2.24) is 10.6 Å². The standard InChI is InChI=1S/C20H23BrN2S/c21-16-3-1-15(2-4-16)17-8-18(23-19(24)22-17)20-9-12-5-13(10-20)7-14(6-12)11-20/h1-4,8,12-14,17H,5-7,9-11H2,(H2,22,23,24). The molecule has 2 N–H and O–H groups in total. The van der Waals surface area contributed by atoms with Crippen LogP contribution in [0.15, 0.2) is 40.5 Å². The Bertz CT molecular complexity index is 674. The maximum absolute atomic E-state index is 5.57. The molecule has 1 aliphatic heterocycles. The number of hydrogen-bond donors (Lipinski definition) is 2. The summed E-state index contributed by atoms with van der Waals surface area (Å²) >= 11 is 9.10. The van der Waals surface area contributed by atoms with Gasteiger partial charge in [-0.15, -0.1) is 0 Å². The van der Waals surface area contributed by atoms with Crippen molar-refractivity contribution >= 4 is 33.3 Å². The Labute approximate surface area is 157 Å². The Kier molecular flexibility index (Phi) is 3.57. The minimum absolute atomic E-state index is 0.190. The van der Waals surface area contributed by atoms with Gasteiger partial charge in [-0.2, -0.15) is 0 Å². The van der Waals surface area contributed by atoms with Crippen LogP contribution in [0.1, 0.15) is 50.1 Å². The summed E-state index contributed by atoms with van der Waals surface area (Å²) in [6.07, 6.45) is 11.0. The summed E-state index contributed by atoms with van der Waals surface area (Å²) in [5, 5.41) is 7.79. The zero-order chi connectivity index (χ0) is 16.3. The third kappa shape index (κ3) is 2.53. The van der Waals surface area contributed by atoms with Gasteiger partial charge in [0.05, 0.1) is 6.04 Å². The van der Waals surface area contributed by atoms with E-state index in [4.69, 9.17) is 12.2 Å². The molecule has 4 fully saturated rings. The molecule has 4 bridgehead atoms. The Balaban J connectivity index is 1.50. The summed E-state index contributed by atoms with van der Waals surface area (Å²) in [5.41, 5.74) is 3.07. The van der Waals surface area contributed by atoms with Crippen molar-refractivity contribution in [2.45, 2.75) is 44.6 Å². The molecule has 0 saturated heterocycles. The summed E-state index contributed by atoms with van der Waals surface area (Å²) in [4.78, 5) is 0. The average molecular weight is 403 g/mol. The summed E-state index contributed by atoms with van der Waals surface area (Å²) in [6.45, 7) is 0. The quantitative estimate of drug-likeness (QED) is 0.675. The molecule has 4 heteroatoms. The Morgan fingerprint density at radius 3 is 2.12 bits per heavy atom. The zero-order valence-electron chi connectivity index (χ0n) is 13.7. The number of thiocarbonyl (C=S) groups is 1. The predicted octanol–water partition coefficient (Wildman–Crippen LogP) is 5.07. The van der Waals surface area contributed by atoms with E-state index < -0.39 is 0 Å². The second kappa shape index (κ2) is 5.57. The second-order valence-corrected chi connectivity index (χ2v) is 9.73. The molecule has 0 radical (unpaired) electrons. The molecule has 24 heavy (non-hydrogen) atoms. The van der Waals surface area contributed by atoms with Gasteiger partial charge in [0.2, 0.25) is 0 Å². The molecule has 0 spiro atoms. The molecule has 4 aliphatic carbocycles. The molecule has 1 aromatic rings. The van der Waals surface area contributed by atoms with E-state index in [1.807, 2.05) is 0 Å². The molecular formula is C20H23BrN2S. The first-order valence-corrected chi connectivity index (χ1v) is 10.3. The van der Waals surface area contributed by atoms with Gasteiger partial charge in [-0.1, -0.05) is 28.1 Å². The third-order valence-corrected chi connectivity index (χ3v) is 7.46. The molecule has 126 valence electrons. The Hall–Kier alpha value is -0.870. The normalized spacial score (nSPS) is 40.0. The number of benzene rings is 1. The first-order valence-electron chi connectivity index (χ1n) is 9.15. The van der Waals surface area contributed by atoms with E-state index in [0.29, 0.717) is 5.41 Å². The van der Waals surface area contributed by atoms with E-state index in [-0.39, 0.29) is 6.04 Å². The number of rotatable bonds is 2. The fourth-order valence-corrected chi connectivity index (χ4v) is 6.65. The lowest BCUT2D eigenvalue weighted by molar-refractivity contribution is -0.0331. The number of allylic oxidation sites excluding steroid dienone is 1. The zero-order valence-corrected chi connectivity index (χ0v) is 16.1. The summed E-state index contributed by atoms with van der Waals surface area (Å²) < 4.78 is 1.12. The lowest BCUT2D eigenvalue weighted by Crippen LogP contribution is -2.53. The topological polar surface area (TPSA) is 24.1 Å². The van der Waals surface area contributed by atoms with Gasteiger partial charge in [0.25, 0.3) is 0 Å². The van der Waals surface area contributed by atoms with Gasteiger partial charge in [0.15, 0.2) is 5.11 Å². The van der Waals surface area contributed by atoms with Crippen LogP contribution in [-0.4, -0.2) is 5.11 Å². The molecule has 0 amide bonds. The molecule has 2 nitrogen and oxygen atoms in total. The van der Waals surface area contributed by atoms with Gasteiger partial charge in [0, 0.05) is 15.6 Å². The fraction of sp³-hybridized carbons (Fsp3) is 0.550. The van der Waals surface area contributed by atoms with Crippen LogP contribution in [0.5, 0.6) is 0 Å². The van der Waals surface area contributed by atoms with Crippen LogP contribution >= 0.6 is 28.1 Å². The fourth-order valence-electron chi connectivity index (χ4n) is 6.15. The van der Waals surface area contributed by atoms with E-state index in [0.717, 1.165) is 27.3 Å². The van der Waals surface area contributed by atoms with Crippen LogP contribution in [0.3, 0.4) is 0 Å². The first kappa shape index (κ1) is 15.4. The largest absolute Gasteiger partial charge is 0.352 e. The first-order chi connectivity index (χ1) is 11.6. The molecule has 0 aromatic heterocycles. The molecular weight excluding hydrogens is 380 g/mol. The van der Waals surface area contributed by atoms with Crippen LogP contribution in [0.4, 0.5) is 0 Å². The van der Waals surface area contributed by atoms with E-state index in [1.165, 1.54) is 49.8 Å². The summed E-state index contributed by atoms with van der Waals surface area (Å²) in [7, 11) is 0. The number of hydrogen-bond acceptors (Lipinski definition) is 1. The molecule has 6 rings (SSSR count). The van der Waals surface area contributed by atoms with E-state index in [2.05, 4.69) is 56.9 Å². The molecule has 1 aromatic carbocycles. The average Bonchev–Trinajstić information content (AvgIpc) is 2.54. The van der Waals surface area contributed by atoms with Gasteiger partial charge in [-0.3, -0.25) is 0 Å². The third-order valence-electron chi connectivity index (χ3n) is 6.71. The highest BCUT2D eigenvalue weighted by molar-refractivity contribution is 9.10. The van der Waals surface area contributed by atoms with Crippen molar-refractivity contribution in [3.05, 3.63) is 46.1 Å². The molecule has 4 saturated carbocycles. The van der Waals surface area contributed by atoms with Crippen LogP contribution in [0.2, 0.25) is 0 Å². The highest BCUT2D eigenvalue weighted by Gasteiger charge is 2.53. The minimum atomic E-state index is 0.190. The highest BCUT2D eigenvalue weighted by atomic mass is 79.9. The lowest BCUT2D eigenvalue weighted by atomic mass is 9.48. The smallest absolute Gasteiger partial charge is 0.171 e. The van der Waals surface area contributed by atoms with E-state index in [1.54, 1.807) is 0 Å². The van der Waals surface area contributed by atoms with Gasteiger partial charge >= 0.3 is 0 Å². The maximum atomic E-state index is 5.57. The van der Waals surface area contributed by atoms with Crippen molar-refractivity contribution in [2.24, 2.45) is 23.2 Å².